The fourth-order valence-electron chi connectivity index (χ4n) is 2.16. The molecule has 1 aromatic heterocycles. The van der Waals surface area contributed by atoms with E-state index in [2.05, 4.69) is 10.5 Å². The molecular weight excluding hydrogens is 312 g/mol. The predicted octanol–water partition coefficient (Wildman–Crippen LogP) is 4.86. The standard InChI is InChI=1S/C18H15ClN2O2/c1-11-3-6-13(7-4-11)16-10-17(23-21-16)18(22)20-15-9-14(19)8-5-12(15)2/h3-10H,1-2H3,(H,20,22). The van der Waals surface area contributed by atoms with Crippen LogP contribution in [0.15, 0.2) is 53.1 Å². The molecular formula is C18H15ClN2O2. The van der Waals surface area contributed by atoms with Gasteiger partial charge in [-0.1, -0.05) is 52.7 Å². The summed E-state index contributed by atoms with van der Waals surface area (Å²) >= 11 is 5.96. The monoisotopic (exact) mass is 326 g/mol. The van der Waals surface area contributed by atoms with E-state index in [0.29, 0.717) is 16.4 Å². The summed E-state index contributed by atoms with van der Waals surface area (Å²) in [4.78, 5) is 12.3. The van der Waals surface area contributed by atoms with Crippen LogP contribution in [0.2, 0.25) is 5.02 Å². The minimum atomic E-state index is -0.360. The molecule has 23 heavy (non-hydrogen) atoms. The maximum absolute atomic E-state index is 12.3. The van der Waals surface area contributed by atoms with Gasteiger partial charge in [0.2, 0.25) is 5.76 Å². The summed E-state index contributed by atoms with van der Waals surface area (Å²) in [5.41, 5.74) is 4.25. The second-order valence-corrected chi connectivity index (χ2v) is 5.79. The highest BCUT2D eigenvalue weighted by Crippen LogP contribution is 2.23. The van der Waals surface area contributed by atoms with Gasteiger partial charge in [0.1, 0.15) is 5.69 Å². The van der Waals surface area contributed by atoms with Crippen LogP contribution in [-0.2, 0) is 0 Å². The molecule has 0 atom stereocenters. The van der Waals surface area contributed by atoms with Crippen molar-refractivity contribution in [3.8, 4) is 11.3 Å². The van der Waals surface area contributed by atoms with E-state index in [1.165, 1.54) is 0 Å². The number of anilines is 1. The van der Waals surface area contributed by atoms with Gasteiger partial charge in [0, 0.05) is 22.3 Å². The van der Waals surface area contributed by atoms with E-state index in [0.717, 1.165) is 16.7 Å². The first-order valence-electron chi connectivity index (χ1n) is 7.14. The van der Waals surface area contributed by atoms with Crippen molar-refractivity contribution >= 4 is 23.2 Å². The molecule has 0 spiro atoms. The molecule has 2 aromatic carbocycles. The van der Waals surface area contributed by atoms with Crippen LogP contribution in [0, 0.1) is 13.8 Å². The molecule has 1 amide bonds. The van der Waals surface area contributed by atoms with Crippen molar-refractivity contribution in [3.05, 3.63) is 70.4 Å². The number of carbonyl (C=O) groups excluding carboxylic acids is 1. The minimum Gasteiger partial charge on any atom is -0.350 e. The first-order chi connectivity index (χ1) is 11.0. The quantitative estimate of drug-likeness (QED) is 0.747. The van der Waals surface area contributed by atoms with Gasteiger partial charge in [0.25, 0.3) is 5.91 Å². The average Bonchev–Trinajstić information content (AvgIpc) is 3.02. The zero-order chi connectivity index (χ0) is 16.4. The van der Waals surface area contributed by atoms with Crippen LogP contribution < -0.4 is 5.32 Å². The van der Waals surface area contributed by atoms with Crippen LogP contribution >= 0.6 is 11.6 Å². The van der Waals surface area contributed by atoms with E-state index in [1.807, 2.05) is 44.2 Å². The normalized spacial score (nSPS) is 10.6. The van der Waals surface area contributed by atoms with Gasteiger partial charge in [-0.05, 0) is 31.5 Å². The largest absolute Gasteiger partial charge is 0.350 e. The summed E-state index contributed by atoms with van der Waals surface area (Å²) in [5.74, 6) is -0.207. The number of carbonyl (C=O) groups is 1. The van der Waals surface area contributed by atoms with Gasteiger partial charge >= 0.3 is 0 Å². The Hall–Kier alpha value is -2.59. The number of amides is 1. The van der Waals surface area contributed by atoms with E-state index < -0.39 is 0 Å². The number of hydrogen-bond acceptors (Lipinski definition) is 3. The highest BCUT2D eigenvalue weighted by molar-refractivity contribution is 6.31. The fraction of sp³-hybridized carbons (Fsp3) is 0.111. The lowest BCUT2D eigenvalue weighted by molar-refractivity contribution is 0.0988. The number of halogens is 1. The van der Waals surface area contributed by atoms with Crippen LogP contribution in [0.4, 0.5) is 5.69 Å². The Labute approximate surface area is 139 Å². The molecule has 0 radical (unpaired) electrons. The number of rotatable bonds is 3. The van der Waals surface area contributed by atoms with Crippen molar-refractivity contribution in [2.45, 2.75) is 13.8 Å². The second kappa shape index (κ2) is 6.26. The average molecular weight is 327 g/mol. The van der Waals surface area contributed by atoms with Gasteiger partial charge in [-0.2, -0.15) is 0 Å². The Bertz CT molecular complexity index is 854. The van der Waals surface area contributed by atoms with Crippen LogP contribution in [0.25, 0.3) is 11.3 Å². The van der Waals surface area contributed by atoms with E-state index in [4.69, 9.17) is 16.1 Å². The summed E-state index contributed by atoms with van der Waals surface area (Å²) in [7, 11) is 0. The van der Waals surface area contributed by atoms with Crippen LogP contribution in [0.5, 0.6) is 0 Å². The molecule has 1 heterocycles. The van der Waals surface area contributed by atoms with Gasteiger partial charge in [-0.25, -0.2) is 0 Å². The summed E-state index contributed by atoms with van der Waals surface area (Å²) < 4.78 is 5.16. The third kappa shape index (κ3) is 3.43. The van der Waals surface area contributed by atoms with Crippen molar-refractivity contribution in [3.63, 3.8) is 0 Å². The van der Waals surface area contributed by atoms with Crippen LogP contribution in [0.3, 0.4) is 0 Å². The number of aryl methyl sites for hydroxylation is 2. The van der Waals surface area contributed by atoms with Gasteiger partial charge in [-0.3, -0.25) is 4.79 Å². The van der Waals surface area contributed by atoms with Crippen molar-refractivity contribution in [1.82, 2.24) is 5.16 Å². The van der Waals surface area contributed by atoms with E-state index in [1.54, 1.807) is 18.2 Å². The number of benzene rings is 2. The van der Waals surface area contributed by atoms with Gasteiger partial charge in [0.15, 0.2) is 0 Å². The molecule has 0 saturated heterocycles. The third-order valence-corrected chi connectivity index (χ3v) is 3.76. The molecule has 3 aromatic rings. The van der Waals surface area contributed by atoms with E-state index in [-0.39, 0.29) is 11.7 Å². The van der Waals surface area contributed by atoms with Crippen molar-refractivity contribution in [2.24, 2.45) is 0 Å². The molecule has 0 unspecified atom stereocenters. The van der Waals surface area contributed by atoms with Crippen molar-refractivity contribution < 1.29 is 9.32 Å². The summed E-state index contributed by atoms with van der Waals surface area (Å²) in [6.45, 7) is 3.91. The Kier molecular flexibility index (Phi) is 4.17. The zero-order valence-electron chi connectivity index (χ0n) is 12.8. The molecule has 0 aliphatic carbocycles. The minimum absolute atomic E-state index is 0.153. The number of hydrogen-bond donors (Lipinski definition) is 1. The topological polar surface area (TPSA) is 55.1 Å². The van der Waals surface area contributed by atoms with Gasteiger partial charge in [-0.15, -0.1) is 0 Å². The summed E-state index contributed by atoms with van der Waals surface area (Å²) in [6, 6.07) is 14.8. The third-order valence-electron chi connectivity index (χ3n) is 3.53. The lowest BCUT2D eigenvalue weighted by atomic mass is 10.1. The van der Waals surface area contributed by atoms with E-state index >= 15 is 0 Å². The van der Waals surface area contributed by atoms with E-state index in [9.17, 15) is 4.79 Å². The Morgan fingerprint density at radius 1 is 1.09 bits per heavy atom. The lowest BCUT2D eigenvalue weighted by Gasteiger charge is -2.06. The predicted molar refractivity (Wildman–Crippen MR) is 90.8 cm³/mol. The fourth-order valence-corrected chi connectivity index (χ4v) is 2.33. The first kappa shape index (κ1) is 15.3. The molecule has 5 heteroatoms. The molecule has 1 N–H and O–H groups in total. The number of nitrogens with one attached hydrogen (secondary N) is 1. The highest BCUT2D eigenvalue weighted by Gasteiger charge is 2.15. The molecule has 4 nitrogen and oxygen atoms in total. The molecule has 0 bridgehead atoms. The maximum atomic E-state index is 12.3. The SMILES string of the molecule is Cc1ccc(-c2cc(C(=O)Nc3cc(Cl)ccc3C)on2)cc1. The second-order valence-electron chi connectivity index (χ2n) is 5.36. The summed E-state index contributed by atoms with van der Waals surface area (Å²) in [5, 5.41) is 7.30. The molecule has 0 fully saturated rings. The number of nitrogens with zero attached hydrogens (tertiary/aromatic N) is 1. The Morgan fingerprint density at radius 2 is 1.83 bits per heavy atom. The maximum Gasteiger partial charge on any atom is 0.294 e. The Balaban J connectivity index is 1.81. The lowest BCUT2D eigenvalue weighted by Crippen LogP contribution is -2.11. The smallest absolute Gasteiger partial charge is 0.294 e. The number of aromatic nitrogens is 1. The molecule has 0 aliphatic heterocycles. The van der Waals surface area contributed by atoms with Crippen LogP contribution in [-0.4, -0.2) is 11.1 Å². The molecule has 0 saturated carbocycles. The van der Waals surface area contributed by atoms with Crippen molar-refractivity contribution in [1.29, 1.82) is 0 Å². The van der Waals surface area contributed by atoms with Crippen LogP contribution in [0.1, 0.15) is 21.7 Å². The molecule has 116 valence electrons. The van der Waals surface area contributed by atoms with Crippen molar-refractivity contribution in [2.75, 3.05) is 5.32 Å². The first-order valence-corrected chi connectivity index (χ1v) is 7.52. The Morgan fingerprint density at radius 3 is 2.57 bits per heavy atom. The molecule has 0 aliphatic rings. The van der Waals surface area contributed by atoms with Gasteiger partial charge < -0.3 is 9.84 Å². The van der Waals surface area contributed by atoms with Gasteiger partial charge in [0.05, 0.1) is 0 Å². The molecule has 3 rings (SSSR count). The highest BCUT2D eigenvalue weighted by atomic mass is 35.5. The zero-order valence-corrected chi connectivity index (χ0v) is 13.5. The summed E-state index contributed by atoms with van der Waals surface area (Å²) in [6.07, 6.45) is 0.